The van der Waals surface area contributed by atoms with Crippen LogP contribution in [-0.4, -0.2) is 31.8 Å². The van der Waals surface area contributed by atoms with Crippen LogP contribution in [0.5, 0.6) is 0 Å². The average molecular weight is 184 g/mol. The highest BCUT2D eigenvalue weighted by Crippen LogP contribution is 2.56. The fraction of sp³-hybridized carbons (Fsp3) is 1.00. The lowest BCUT2D eigenvalue weighted by atomic mass is 9.69. The van der Waals surface area contributed by atoms with Crippen LogP contribution in [0.25, 0.3) is 0 Å². The maximum Gasteiger partial charge on any atom is 0.0541 e. The standard InChI is InChI=1S/C10H20N2O/c1-9-4-3-5-10(9,6-12(2)11)8-13-7-9/h3-8,11H2,1-2H3. The average Bonchev–Trinajstić information content (AvgIpc) is 2.40. The third kappa shape index (κ3) is 1.30. The quantitative estimate of drug-likeness (QED) is 0.514. The van der Waals surface area contributed by atoms with Crippen LogP contribution in [0.15, 0.2) is 0 Å². The van der Waals surface area contributed by atoms with Crippen LogP contribution < -0.4 is 5.84 Å². The number of rotatable bonds is 2. The monoisotopic (exact) mass is 184 g/mol. The summed E-state index contributed by atoms with van der Waals surface area (Å²) in [7, 11) is 1.95. The number of hydrogen-bond acceptors (Lipinski definition) is 3. The molecule has 0 bridgehead atoms. The summed E-state index contributed by atoms with van der Waals surface area (Å²) < 4.78 is 5.64. The molecule has 13 heavy (non-hydrogen) atoms. The van der Waals surface area contributed by atoms with Crippen molar-refractivity contribution in [2.45, 2.75) is 26.2 Å². The molecule has 1 aliphatic heterocycles. The Balaban J connectivity index is 2.18. The fourth-order valence-corrected chi connectivity index (χ4v) is 3.12. The number of fused-ring (bicyclic) bond motifs is 1. The Morgan fingerprint density at radius 3 is 2.85 bits per heavy atom. The molecule has 2 N–H and O–H groups in total. The largest absolute Gasteiger partial charge is 0.380 e. The van der Waals surface area contributed by atoms with Crippen molar-refractivity contribution < 1.29 is 4.74 Å². The summed E-state index contributed by atoms with van der Waals surface area (Å²) in [5, 5.41) is 1.82. The minimum atomic E-state index is 0.344. The molecule has 0 amide bonds. The molecule has 1 heterocycles. The second-order valence-corrected chi connectivity index (χ2v) is 5.10. The van der Waals surface area contributed by atoms with Gasteiger partial charge in [-0.2, -0.15) is 0 Å². The van der Waals surface area contributed by atoms with E-state index >= 15 is 0 Å². The zero-order chi connectivity index (χ0) is 9.53. The maximum absolute atomic E-state index is 5.76. The number of ether oxygens (including phenoxy) is 1. The third-order valence-electron chi connectivity index (χ3n) is 4.02. The first-order valence-electron chi connectivity index (χ1n) is 5.12. The Bertz CT molecular complexity index is 193. The summed E-state index contributed by atoms with van der Waals surface area (Å²) >= 11 is 0. The van der Waals surface area contributed by atoms with E-state index in [1.807, 2.05) is 12.1 Å². The lowest BCUT2D eigenvalue weighted by Crippen LogP contribution is -2.45. The minimum absolute atomic E-state index is 0.344. The van der Waals surface area contributed by atoms with Crippen molar-refractivity contribution in [3.05, 3.63) is 0 Å². The van der Waals surface area contributed by atoms with Gasteiger partial charge in [0.05, 0.1) is 13.2 Å². The van der Waals surface area contributed by atoms with Crippen LogP contribution in [-0.2, 0) is 4.74 Å². The molecular formula is C10H20N2O. The highest BCUT2D eigenvalue weighted by Gasteiger charge is 2.55. The van der Waals surface area contributed by atoms with Gasteiger partial charge in [-0.05, 0) is 12.8 Å². The summed E-state index contributed by atoms with van der Waals surface area (Å²) in [5.41, 5.74) is 0.733. The van der Waals surface area contributed by atoms with Gasteiger partial charge >= 0.3 is 0 Å². The second-order valence-electron chi connectivity index (χ2n) is 5.10. The molecule has 0 aromatic heterocycles. The molecule has 76 valence electrons. The van der Waals surface area contributed by atoms with Gasteiger partial charge in [-0.15, -0.1) is 0 Å². The fourth-order valence-electron chi connectivity index (χ4n) is 3.12. The smallest absolute Gasteiger partial charge is 0.0541 e. The highest BCUT2D eigenvalue weighted by molar-refractivity contribution is 5.04. The Kier molecular flexibility index (Phi) is 2.13. The van der Waals surface area contributed by atoms with Gasteiger partial charge in [0.1, 0.15) is 0 Å². The molecule has 1 saturated heterocycles. The zero-order valence-electron chi connectivity index (χ0n) is 8.68. The molecule has 0 aromatic carbocycles. The van der Waals surface area contributed by atoms with Gasteiger partial charge in [-0.25, -0.2) is 5.01 Å². The number of hydrogen-bond donors (Lipinski definition) is 1. The van der Waals surface area contributed by atoms with Crippen LogP contribution in [0, 0.1) is 10.8 Å². The van der Waals surface area contributed by atoms with Gasteiger partial charge in [0.2, 0.25) is 0 Å². The topological polar surface area (TPSA) is 38.5 Å². The first-order valence-corrected chi connectivity index (χ1v) is 5.12. The number of nitrogens with zero attached hydrogens (tertiary/aromatic N) is 1. The van der Waals surface area contributed by atoms with E-state index in [2.05, 4.69) is 6.92 Å². The van der Waals surface area contributed by atoms with Gasteiger partial charge in [0.25, 0.3) is 0 Å². The summed E-state index contributed by atoms with van der Waals surface area (Å²) in [5.74, 6) is 5.76. The molecule has 0 spiro atoms. The van der Waals surface area contributed by atoms with Crippen molar-refractivity contribution in [1.29, 1.82) is 0 Å². The summed E-state index contributed by atoms with van der Waals surface area (Å²) in [6.45, 7) is 5.17. The van der Waals surface area contributed by atoms with E-state index in [0.29, 0.717) is 10.8 Å². The van der Waals surface area contributed by atoms with Crippen molar-refractivity contribution in [2.24, 2.45) is 16.7 Å². The Labute approximate surface area is 80.2 Å². The lowest BCUT2D eigenvalue weighted by Gasteiger charge is -2.37. The minimum Gasteiger partial charge on any atom is -0.380 e. The third-order valence-corrected chi connectivity index (χ3v) is 4.02. The van der Waals surface area contributed by atoms with Crippen LogP contribution in [0.2, 0.25) is 0 Å². The van der Waals surface area contributed by atoms with E-state index in [4.69, 9.17) is 10.6 Å². The molecule has 0 aromatic rings. The zero-order valence-corrected chi connectivity index (χ0v) is 8.68. The predicted octanol–water partition coefficient (Wildman–Crippen LogP) is 0.999. The molecule has 2 fully saturated rings. The summed E-state index contributed by atoms with van der Waals surface area (Å²) in [6, 6.07) is 0. The molecule has 3 heteroatoms. The van der Waals surface area contributed by atoms with Crippen molar-refractivity contribution in [3.63, 3.8) is 0 Å². The molecule has 2 atom stereocenters. The summed E-state index contributed by atoms with van der Waals surface area (Å²) in [6.07, 6.45) is 3.93. The van der Waals surface area contributed by atoms with E-state index in [-0.39, 0.29) is 0 Å². The van der Waals surface area contributed by atoms with Gasteiger partial charge in [-0.1, -0.05) is 13.3 Å². The van der Waals surface area contributed by atoms with E-state index < -0.39 is 0 Å². The Hall–Kier alpha value is -0.120. The molecule has 0 radical (unpaired) electrons. The van der Waals surface area contributed by atoms with Crippen LogP contribution >= 0.6 is 0 Å². The SMILES string of the molecule is CN(N)CC12CCCC1(C)COC2. The van der Waals surface area contributed by atoms with Gasteiger partial charge in [0, 0.05) is 24.4 Å². The Morgan fingerprint density at radius 1 is 1.38 bits per heavy atom. The van der Waals surface area contributed by atoms with Gasteiger partial charge in [-0.3, -0.25) is 5.84 Å². The molecule has 2 aliphatic rings. The van der Waals surface area contributed by atoms with Crippen LogP contribution in [0.4, 0.5) is 0 Å². The van der Waals surface area contributed by atoms with E-state index in [0.717, 1.165) is 19.8 Å². The van der Waals surface area contributed by atoms with E-state index in [1.54, 1.807) is 0 Å². The van der Waals surface area contributed by atoms with E-state index in [1.165, 1.54) is 19.3 Å². The number of hydrazine groups is 1. The summed E-state index contributed by atoms with van der Waals surface area (Å²) in [4.78, 5) is 0. The molecule has 2 unspecified atom stereocenters. The molecule has 3 nitrogen and oxygen atoms in total. The van der Waals surface area contributed by atoms with Crippen molar-refractivity contribution >= 4 is 0 Å². The van der Waals surface area contributed by atoms with E-state index in [9.17, 15) is 0 Å². The molecule has 1 saturated carbocycles. The first kappa shape index (κ1) is 9.44. The molecular weight excluding hydrogens is 164 g/mol. The van der Waals surface area contributed by atoms with Crippen LogP contribution in [0.3, 0.4) is 0 Å². The molecule has 2 rings (SSSR count). The van der Waals surface area contributed by atoms with Crippen molar-refractivity contribution in [2.75, 3.05) is 26.8 Å². The molecule has 1 aliphatic carbocycles. The first-order chi connectivity index (χ1) is 6.08. The van der Waals surface area contributed by atoms with Gasteiger partial charge < -0.3 is 4.74 Å². The maximum atomic E-state index is 5.76. The van der Waals surface area contributed by atoms with Crippen molar-refractivity contribution in [3.8, 4) is 0 Å². The lowest BCUT2D eigenvalue weighted by molar-refractivity contribution is 0.0945. The Morgan fingerprint density at radius 2 is 2.15 bits per heavy atom. The number of nitrogens with two attached hydrogens (primary N) is 1. The van der Waals surface area contributed by atoms with Crippen molar-refractivity contribution in [1.82, 2.24) is 5.01 Å². The predicted molar refractivity (Wildman–Crippen MR) is 52.0 cm³/mol. The highest BCUT2D eigenvalue weighted by atomic mass is 16.5. The van der Waals surface area contributed by atoms with Gasteiger partial charge in [0.15, 0.2) is 0 Å². The second kappa shape index (κ2) is 2.94. The van der Waals surface area contributed by atoms with Crippen LogP contribution in [0.1, 0.15) is 26.2 Å². The normalized spacial score (nSPS) is 44.3.